The Balaban J connectivity index is 2.04. The Morgan fingerprint density at radius 1 is 1.24 bits per heavy atom. The van der Waals surface area contributed by atoms with Crippen LogP contribution in [0.2, 0.25) is 0 Å². The smallest absolute Gasteiger partial charge is 0.251 e. The molecule has 0 aliphatic rings. The number of rotatable bonds is 6. The van der Waals surface area contributed by atoms with Gasteiger partial charge in [0.1, 0.15) is 0 Å². The number of aromatic nitrogens is 2. The molecule has 0 aliphatic heterocycles. The molecular formula is C16H20N2OS2. The Labute approximate surface area is 134 Å². The second-order valence-electron chi connectivity index (χ2n) is 5.18. The van der Waals surface area contributed by atoms with Crippen molar-refractivity contribution < 1.29 is 0 Å². The molecule has 0 aliphatic carbocycles. The van der Waals surface area contributed by atoms with E-state index in [1.54, 1.807) is 29.6 Å². The summed E-state index contributed by atoms with van der Waals surface area (Å²) in [5.41, 5.74) is 3.27. The molecule has 0 saturated carbocycles. The van der Waals surface area contributed by atoms with Crippen LogP contribution >= 0.6 is 23.5 Å². The van der Waals surface area contributed by atoms with Gasteiger partial charge in [-0.3, -0.25) is 4.79 Å². The van der Waals surface area contributed by atoms with E-state index in [1.807, 2.05) is 0 Å². The number of hydrogen-bond acceptors (Lipinski definition) is 4. The van der Waals surface area contributed by atoms with Gasteiger partial charge in [-0.05, 0) is 17.7 Å². The van der Waals surface area contributed by atoms with Crippen LogP contribution in [0.1, 0.15) is 30.7 Å². The third-order valence-electron chi connectivity index (χ3n) is 2.80. The molecule has 1 heterocycles. The van der Waals surface area contributed by atoms with Gasteiger partial charge < -0.3 is 4.98 Å². The topological polar surface area (TPSA) is 45.8 Å². The van der Waals surface area contributed by atoms with Crippen LogP contribution < -0.4 is 5.56 Å². The van der Waals surface area contributed by atoms with Crippen molar-refractivity contribution in [1.82, 2.24) is 9.97 Å². The summed E-state index contributed by atoms with van der Waals surface area (Å²) in [5.74, 6) is 1.59. The highest BCUT2D eigenvalue weighted by Gasteiger charge is 2.04. The SMILES string of the molecule is Cc1cccc(CSc2nc(CSC(C)C)cc(=O)[nH]2)c1. The average Bonchev–Trinajstić information content (AvgIpc) is 2.43. The standard InChI is InChI=1S/C16H20N2OS2/c1-11(2)20-10-14-8-15(19)18-16(17-14)21-9-13-6-4-5-12(3)7-13/h4-8,11H,9-10H2,1-3H3,(H,17,18,19). The minimum Gasteiger partial charge on any atom is -0.301 e. The third-order valence-corrected chi connectivity index (χ3v) is 4.87. The Morgan fingerprint density at radius 2 is 2.05 bits per heavy atom. The number of nitrogens with zero attached hydrogens (tertiary/aromatic N) is 1. The lowest BCUT2D eigenvalue weighted by Crippen LogP contribution is -2.10. The van der Waals surface area contributed by atoms with Crippen molar-refractivity contribution in [1.29, 1.82) is 0 Å². The van der Waals surface area contributed by atoms with E-state index in [0.29, 0.717) is 10.4 Å². The van der Waals surface area contributed by atoms with Gasteiger partial charge in [0.15, 0.2) is 5.16 Å². The second-order valence-corrected chi connectivity index (χ2v) is 7.71. The van der Waals surface area contributed by atoms with E-state index >= 15 is 0 Å². The van der Waals surface area contributed by atoms with Gasteiger partial charge in [-0.2, -0.15) is 11.8 Å². The van der Waals surface area contributed by atoms with Gasteiger partial charge in [0.05, 0.1) is 5.69 Å². The predicted octanol–water partition coefficient (Wildman–Crippen LogP) is 4.01. The zero-order valence-electron chi connectivity index (χ0n) is 12.6. The summed E-state index contributed by atoms with van der Waals surface area (Å²) < 4.78 is 0. The van der Waals surface area contributed by atoms with Gasteiger partial charge in [-0.15, -0.1) is 0 Å². The summed E-state index contributed by atoms with van der Waals surface area (Å²) in [4.78, 5) is 19.0. The molecule has 0 saturated heterocycles. The molecule has 1 aromatic heterocycles. The van der Waals surface area contributed by atoms with Gasteiger partial charge in [0.2, 0.25) is 0 Å². The first kappa shape index (κ1) is 16.2. The lowest BCUT2D eigenvalue weighted by atomic mass is 10.2. The van der Waals surface area contributed by atoms with Crippen LogP contribution in [-0.2, 0) is 11.5 Å². The molecule has 0 unspecified atom stereocenters. The molecule has 3 nitrogen and oxygen atoms in total. The van der Waals surface area contributed by atoms with Crippen molar-refractivity contribution in [3.63, 3.8) is 0 Å². The Hall–Kier alpha value is -1.20. The summed E-state index contributed by atoms with van der Waals surface area (Å²) in [5, 5.41) is 1.23. The zero-order valence-corrected chi connectivity index (χ0v) is 14.2. The lowest BCUT2D eigenvalue weighted by Gasteiger charge is -2.06. The highest BCUT2D eigenvalue weighted by atomic mass is 32.2. The Bertz CT molecular complexity index is 653. The van der Waals surface area contributed by atoms with Gasteiger partial charge in [-0.25, -0.2) is 4.98 Å². The number of aryl methyl sites for hydroxylation is 1. The molecule has 0 amide bonds. The van der Waals surface area contributed by atoms with Gasteiger partial charge in [0.25, 0.3) is 5.56 Å². The molecule has 1 N–H and O–H groups in total. The molecule has 21 heavy (non-hydrogen) atoms. The maximum absolute atomic E-state index is 11.7. The van der Waals surface area contributed by atoms with Gasteiger partial charge in [0, 0.05) is 17.6 Å². The molecule has 0 atom stereocenters. The first-order valence-corrected chi connectivity index (χ1v) is 8.96. The van der Waals surface area contributed by atoms with E-state index in [-0.39, 0.29) is 5.56 Å². The van der Waals surface area contributed by atoms with Crippen LogP contribution in [-0.4, -0.2) is 15.2 Å². The highest BCUT2D eigenvalue weighted by Crippen LogP contribution is 2.20. The molecule has 0 bridgehead atoms. The van der Waals surface area contributed by atoms with Crippen LogP contribution in [0.15, 0.2) is 40.3 Å². The maximum Gasteiger partial charge on any atom is 0.251 e. The maximum atomic E-state index is 11.7. The second kappa shape index (κ2) is 7.71. The fourth-order valence-electron chi connectivity index (χ4n) is 1.83. The van der Waals surface area contributed by atoms with Gasteiger partial charge >= 0.3 is 0 Å². The van der Waals surface area contributed by atoms with Gasteiger partial charge in [-0.1, -0.05) is 55.4 Å². The predicted molar refractivity (Wildman–Crippen MR) is 92.0 cm³/mol. The Morgan fingerprint density at radius 3 is 2.76 bits per heavy atom. The zero-order chi connectivity index (χ0) is 15.2. The summed E-state index contributed by atoms with van der Waals surface area (Å²) in [6.45, 7) is 6.37. The molecule has 2 aromatic rings. The monoisotopic (exact) mass is 320 g/mol. The van der Waals surface area contributed by atoms with E-state index in [0.717, 1.165) is 17.2 Å². The van der Waals surface area contributed by atoms with Crippen LogP contribution in [0, 0.1) is 6.92 Å². The van der Waals surface area contributed by atoms with E-state index in [2.05, 4.69) is 55.0 Å². The lowest BCUT2D eigenvalue weighted by molar-refractivity contribution is 0.898. The first-order chi connectivity index (χ1) is 10.0. The summed E-state index contributed by atoms with van der Waals surface area (Å²) >= 11 is 3.36. The largest absolute Gasteiger partial charge is 0.301 e. The van der Waals surface area contributed by atoms with E-state index < -0.39 is 0 Å². The molecular weight excluding hydrogens is 300 g/mol. The van der Waals surface area contributed by atoms with Crippen LogP contribution in [0.3, 0.4) is 0 Å². The van der Waals surface area contributed by atoms with E-state index in [1.165, 1.54) is 11.1 Å². The normalized spacial score (nSPS) is 11.0. The molecule has 0 fully saturated rings. The van der Waals surface area contributed by atoms with Crippen molar-refractivity contribution in [3.8, 4) is 0 Å². The summed E-state index contributed by atoms with van der Waals surface area (Å²) in [6, 6.07) is 9.97. The molecule has 112 valence electrons. The molecule has 2 rings (SSSR count). The molecule has 1 aromatic carbocycles. The molecule has 0 radical (unpaired) electrons. The van der Waals surface area contributed by atoms with Crippen molar-refractivity contribution in [2.24, 2.45) is 0 Å². The quantitative estimate of drug-likeness (QED) is 0.645. The van der Waals surface area contributed by atoms with Crippen LogP contribution in [0.5, 0.6) is 0 Å². The molecule has 5 heteroatoms. The van der Waals surface area contributed by atoms with E-state index in [4.69, 9.17) is 0 Å². The van der Waals surface area contributed by atoms with Crippen LogP contribution in [0.4, 0.5) is 0 Å². The first-order valence-electron chi connectivity index (χ1n) is 6.93. The van der Waals surface area contributed by atoms with E-state index in [9.17, 15) is 4.79 Å². The average molecular weight is 320 g/mol. The fourth-order valence-corrected chi connectivity index (χ4v) is 3.32. The molecule has 0 spiro atoms. The fraction of sp³-hybridized carbons (Fsp3) is 0.375. The minimum atomic E-state index is -0.0731. The van der Waals surface area contributed by atoms with Crippen molar-refractivity contribution >= 4 is 23.5 Å². The summed E-state index contributed by atoms with van der Waals surface area (Å²) in [7, 11) is 0. The Kier molecular flexibility index (Phi) is 5.94. The minimum absolute atomic E-state index is 0.0731. The van der Waals surface area contributed by atoms with Crippen molar-refractivity contribution in [2.45, 2.75) is 42.7 Å². The van der Waals surface area contributed by atoms with Crippen molar-refractivity contribution in [2.75, 3.05) is 0 Å². The number of H-pyrrole nitrogens is 1. The third kappa shape index (κ3) is 5.59. The number of aromatic amines is 1. The number of thioether (sulfide) groups is 2. The number of nitrogens with one attached hydrogen (secondary N) is 1. The highest BCUT2D eigenvalue weighted by molar-refractivity contribution is 7.99. The van der Waals surface area contributed by atoms with Crippen LogP contribution in [0.25, 0.3) is 0 Å². The number of benzene rings is 1. The summed E-state index contributed by atoms with van der Waals surface area (Å²) in [6.07, 6.45) is 0. The number of hydrogen-bond donors (Lipinski definition) is 1. The van der Waals surface area contributed by atoms with Crippen molar-refractivity contribution in [3.05, 3.63) is 57.5 Å².